The van der Waals surface area contributed by atoms with Crippen molar-refractivity contribution in [1.82, 2.24) is 16.0 Å². The molecule has 0 aliphatic heterocycles. The van der Waals surface area contributed by atoms with Crippen LogP contribution in [0.15, 0.2) is 18.2 Å². The summed E-state index contributed by atoms with van der Waals surface area (Å²) in [7, 11) is 3.14. The maximum Gasteiger partial charge on any atom is 0.321 e. The van der Waals surface area contributed by atoms with Crippen LogP contribution in [0.2, 0.25) is 0 Å². The zero-order valence-corrected chi connectivity index (χ0v) is 12.5. The van der Waals surface area contributed by atoms with Gasteiger partial charge < -0.3 is 15.4 Å². The number of amides is 3. The van der Waals surface area contributed by atoms with E-state index < -0.39 is 18.0 Å². The molecule has 21 heavy (non-hydrogen) atoms. The van der Waals surface area contributed by atoms with E-state index in [0.717, 1.165) is 0 Å². The summed E-state index contributed by atoms with van der Waals surface area (Å²) < 4.78 is 18.9. The Morgan fingerprint density at radius 1 is 1.24 bits per heavy atom. The van der Waals surface area contributed by atoms with E-state index in [9.17, 15) is 14.0 Å². The first-order valence-corrected chi connectivity index (χ1v) is 6.55. The molecule has 0 radical (unpaired) electrons. The number of rotatable bonds is 5. The van der Waals surface area contributed by atoms with Gasteiger partial charge >= 0.3 is 6.03 Å². The quantitative estimate of drug-likeness (QED) is 0.766. The molecule has 1 rings (SSSR count). The van der Waals surface area contributed by atoms with Crippen LogP contribution in [0, 0.1) is 5.82 Å². The van der Waals surface area contributed by atoms with Crippen LogP contribution in [0.3, 0.4) is 0 Å². The van der Waals surface area contributed by atoms with E-state index in [4.69, 9.17) is 4.74 Å². The molecule has 0 spiro atoms. The normalized spacial score (nSPS) is 13.2. The highest BCUT2D eigenvalue weighted by atomic mass is 19.1. The Morgan fingerprint density at radius 3 is 2.48 bits per heavy atom. The van der Waals surface area contributed by atoms with Crippen molar-refractivity contribution in [2.45, 2.75) is 26.0 Å². The van der Waals surface area contributed by atoms with Crippen molar-refractivity contribution in [2.24, 2.45) is 0 Å². The average Bonchev–Trinajstić information content (AvgIpc) is 2.47. The van der Waals surface area contributed by atoms with Crippen molar-refractivity contribution in [2.75, 3.05) is 14.1 Å². The number of benzene rings is 1. The molecule has 2 unspecified atom stereocenters. The molecule has 0 heterocycles. The molecule has 116 valence electrons. The van der Waals surface area contributed by atoms with Gasteiger partial charge in [0.15, 0.2) is 6.10 Å². The Labute approximate surface area is 123 Å². The zero-order valence-electron chi connectivity index (χ0n) is 12.5. The summed E-state index contributed by atoms with van der Waals surface area (Å²) in [4.78, 5) is 22.8. The van der Waals surface area contributed by atoms with Crippen LogP contribution in [-0.4, -0.2) is 32.1 Å². The second kappa shape index (κ2) is 7.58. The van der Waals surface area contributed by atoms with Gasteiger partial charge in [0.1, 0.15) is 11.6 Å². The lowest BCUT2D eigenvalue weighted by Crippen LogP contribution is -2.44. The minimum absolute atomic E-state index is 0.148. The Bertz CT molecular complexity index is 522. The van der Waals surface area contributed by atoms with Crippen LogP contribution >= 0.6 is 0 Å². The zero-order chi connectivity index (χ0) is 16.0. The number of halogens is 1. The van der Waals surface area contributed by atoms with E-state index in [-0.39, 0.29) is 11.9 Å². The molecule has 6 nitrogen and oxygen atoms in total. The number of hydrogen-bond donors (Lipinski definition) is 3. The van der Waals surface area contributed by atoms with Crippen molar-refractivity contribution >= 4 is 11.9 Å². The van der Waals surface area contributed by atoms with Gasteiger partial charge in [0.2, 0.25) is 0 Å². The molecule has 3 N–H and O–H groups in total. The molecule has 3 amide bonds. The summed E-state index contributed by atoms with van der Waals surface area (Å²) in [5, 5.41) is 7.38. The smallest absolute Gasteiger partial charge is 0.321 e. The van der Waals surface area contributed by atoms with Gasteiger partial charge in [-0.25, -0.2) is 9.18 Å². The molecule has 0 aliphatic rings. The molecule has 0 bridgehead atoms. The minimum Gasteiger partial charge on any atom is -0.481 e. The van der Waals surface area contributed by atoms with Crippen molar-refractivity contribution in [1.29, 1.82) is 0 Å². The standard InChI is InChI=1S/C14H20FN3O3/c1-8(16-3)11-7-10(15)5-6-12(11)21-9(2)13(19)18-14(20)17-4/h5-9,16H,1-4H3,(H2,17,18,19,20). The lowest BCUT2D eigenvalue weighted by atomic mass is 10.1. The molecule has 0 aliphatic carbocycles. The van der Waals surface area contributed by atoms with Gasteiger partial charge in [-0.05, 0) is 39.1 Å². The maximum absolute atomic E-state index is 13.3. The SMILES string of the molecule is CNC(=O)NC(=O)C(C)Oc1ccc(F)cc1C(C)NC. The van der Waals surface area contributed by atoms with Crippen LogP contribution in [0.5, 0.6) is 5.75 Å². The molecule has 0 saturated heterocycles. The number of urea groups is 1. The Morgan fingerprint density at radius 2 is 1.90 bits per heavy atom. The molecule has 0 fully saturated rings. The fourth-order valence-corrected chi connectivity index (χ4v) is 1.64. The highest BCUT2D eigenvalue weighted by molar-refractivity contribution is 5.96. The first-order valence-electron chi connectivity index (χ1n) is 6.55. The topological polar surface area (TPSA) is 79.5 Å². The van der Waals surface area contributed by atoms with E-state index >= 15 is 0 Å². The number of carbonyl (C=O) groups is 2. The van der Waals surface area contributed by atoms with E-state index in [1.165, 1.54) is 32.2 Å². The number of imide groups is 1. The van der Waals surface area contributed by atoms with E-state index in [2.05, 4.69) is 16.0 Å². The number of hydrogen-bond acceptors (Lipinski definition) is 4. The van der Waals surface area contributed by atoms with E-state index in [0.29, 0.717) is 11.3 Å². The third-order valence-electron chi connectivity index (χ3n) is 3.01. The Hall–Kier alpha value is -2.15. The summed E-state index contributed by atoms with van der Waals surface area (Å²) in [6, 6.07) is 3.30. The lowest BCUT2D eigenvalue weighted by molar-refractivity contribution is -0.126. The molecular weight excluding hydrogens is 277 g/mol. The molecular formula is C14H20FN3O3. The molecule has 7 heteroatoms. The van der Waals surface area contributed by atoms with Crippen LogP contribution in [0.4, 0.5) is 9.18 Å². The second-order valence-corrected chi connectivity index (χ2v) is 4.52. The summed E-state index contributed by atoms with van der Waals surface area (Å²) in [6.07, 6.45) is -0.893. The van der Waals surface area contributed by atoms with Crippen molar-refractivity contribution in [3.05, 3.63) is 29.6 Å². The van der Waals surface area contributed by atoms with Crippen LogP contribution in [-0.2, 0) is 4.79 Å². The summed E-state index contributed by atoms with van der Waals surface area (Å²) >= 11 is 0. The van der Waals surface area contributed by atoms with Gasteiger partial charge in [-0.2, -0.15) is 0 Å². The van der Waals surface area contributed by atoms with Crippen molar-refractivity contribution in [3.63, 3.8) is 0 Å². The molecule has 2 atom stereocenters. The first-order chi connectivity index (χ1) is 9.88. The third-order valence-corrected chi connectivity index (χ3v) is 3.01. The van der Waals surface area contributed by atoms with Crippen LogP contribution in [0.1, 0.15) is 25.5 Å². The fourth-order valence-electron chi connectivity index (χ4n) is 1.64. The monoisotopic (exact) mass is 297 g/mol. The minimum atomic E-state index is -0.893. The van der Waals surface area contributed by atoms with Crippen LogP contribution in [0.25, 0.3) is 0 Å². The Kier molecular flexibility index (Phi) is 6.10. The van der Waals surface area contributed by atoms with Gasteiger partial charge in [0, 0.05) is 18.7 Å². The van der Waals surface area contributed by atoms with Crippen molar-refractivity contribution < 1.29 is 18.7 Å². The maximum atomic E-state index is 13.3. The highest BCUT2D eigenvalue weighted by Gasteiger charge is 2.20. The molecule has 0 aromatic heterocycles. The number of ether oxygens (including phenoxy) is 1. The average molecular weight is 297 g/mol. The largest absolute Gasteiger partial charge is 0.481 e. The van der Waals surface area contributed by atoms with Crippen LogP contribution < -0.4 is 20.7 Å². The molecule has 1 aromatic rings. The number of nitrogens with one attached hydrogen (secondary N) is 3. The van der Waals surface area contributed by atoms with Gasteiger partial charge in [0.05, 0.1) is 0 Å². The van der Waals surface area contributed by atoms with E-state index in [1.54, 1.807) is 7.05 Å². The summed E-state index contributed by atoms with van der Waals surface area (Å²) in [5.74, 6) is -0.582. The van der Waals surface area contributed by atoms with Gasteiger partial charge in [0.25, 0.3) is 5.91 Å². The molecule has 1 aromatic carbocycles. The predicted molar refractivity (Wildman–Crippen MR) is 76.6 cm³/mol. The number of carbonyl (C=O) groups excluding carboxylic acids is 2. The van der Waals surface area contributed by atoms with Gasteiger partial charge in [-0.15, -0.1) is 0 Å². The third kappa shape index (κ3) is 4.71. The molecule has 0 saturated carbocycles. The Balaban J connectivity index is 2.87. The second-order valence-electron chi connectivity index (χ2n) is 4.52. The van der Waals surface area contributed by atoms with E-state index in [1.807, 2.05) is 6.92 Å². The van der Waals surface area contributed by atoms with Gasteiger partial charge in [-0.3, -0.25) is 10.1 Å². The van der Waals surface area contributed by atoms with Gasteiger partial charge in [-0.1, -0.05) is 0 Å². The van der Waals surface area contributed by atoms with Crippen molar-refractivity contribution in [3.8, 4) is 5.75 Å². The summed E-state index contributed by atoms with van der Waals surface area (Å²) in [6.45, 7) is 3.35. The highest BCUT2D eigenvalue weighted by Crippen LogP contribution is 2.26. The fraction of sp³-hybridized carbons (Fsp3) is 0.429. The predicted octanol–water partition coefficient (Wildman–Crippen LogP) is 1.33. The first kappa shape index (κ1) is 16.9. The summed E-state index contributed by atoms with van der Waals surface area (Å²) in [5.41, 5.74) is 0.595. The lowest BCUT2D eigenvalue weighted by Gasteiger charge is -2.20.